The number of nitrogens with one attached hydrogen (secondary N) is 3. The summed E-state index contributed by atoms with van der Waals surface area (Å²) >= 11 is 3.35. The monoisotopic (exact) mass is 459 g/mol. The normalized spacial score (nSPS) is 19.4. The Morgan fingerprint density at radius 3 is 2.59 bits per heavy atom. The van der Waals surface area contributed by atoms with Gasteiger partial charge in [-0.25, -0.2) is 0 Å². The molecule has 2 aromatic rings. The third-order valence-corrected chi connectivity index (χ3v) is 5.98. The summed E-state index contributed by atoms with van der Waals surface area (Å²) < 4.78 is 0.887. The van der Waals surface area contributed by atoms with E-state index in [1.54, 1.807) is 24.3 Å². The van der Waals surface area contributed by atoms with Gasteiger partial charge in [0.1, 0.15) is 5.82 Å². The third-order valence-electron chi connectivity index (χ3n) is 5.45. The number of H-pyrrole nitrogens is 1. The summed E-state index contributed by atoms with van der Waals surface area (Å²) in [7, 11) is 0. The van der Waals surface area contributed by atoms with Crippen LogP contribution in [-0.4, -0.2) is 34.9 Å². The highest BCUT2D eigenvalue weighted by Gasteiger charge is 2.35. The van der Waals surface area contributed by atoms with Crippen LogP contribution in [0.5, 0.6) is 0 Å². The summed E-state index contributed by atoms with van der Waals surface area (Å²) in [4.78, 5) is 47.2. The van der Waals surface area contributed by atoms with Crippen LogP contribution in [0.3, 0.4) is 0 Å². The van der Waals surface area contributed by atoms with E-state index in [0.717, 1.165) is 30.4 Å². The minimum absolute atomic E-state index is 0.0965. The van der Waals surface area contributed by atoms with Crippen LogP contribution in [0.15, 0.2) is 33.5 Å². The summed E-state index contributed by atoms with van der Waals surface area (Å²) in [5.74, 6) is -0.374. The molecular weight excluding hydrogens is 438 g/mol. The fourth-order valence-corrected chi connectivity index (χ4v) is 3.98. The topological polar surface area (TPSA) is 107 Å². The van der Waals surface area contributed by atoms with Gasteiger partial charge in [0.15, 0.2) is 0 Å². The van der Waals surface area contributed by atoms with E-state index in [2.05, 4.69) is 43.5 Å². The van der Waals surface area contributed by atoms with Crippen molar-refractivity contribution in [3.05, 3.63) is 44.7 Å². The average molecular weight is 460 g/mol. The molecule has 2 amide bonds. The standard InChI is InChI=1S/C20H22BrN5O3/c1-11-6-8-26(9-7-11)20-24-17-16(19(29)25-20)14(10-15(27)23-17)18(28)22-13-4-2-12(21)3-5-13/h2-5,11,14H,6-10H2,1H3,(H,22,28)(H2,23,24,25,27,29)/t14-/m0/s1. The third kappa shape index (κ3) is 4.19. The highest BCUT2D eigenvalue weighted by Crippen LogP contribution is 2.31. The predicted octanol–water partition coefficient (Wildman–Crippen LogP) is 2.83. The maximum absolute atomic E-state index is 12.9. The number of rotatable bonds is 3. The summed E-state index contributed by atoms with van der Waals surface area (Å²) in [6.07, 6.45) is 1.94. The maximum Gasteiger partial charge on any atom is 0.258 e. The summed E-state index contributed by atoms with van der Waals surface area (Å²) in [6, 6.07) is 7.10. The van der Waals surface area contributed by atoms with Gasteiger partial charge in [0.05, 0.1) is 11.5 Å². The quantitative estimate of drug-likeness (QED) is 0.653. The van der Waals surface area contributed by atoms with Crippen molar-refractivity contribution in [3.63, 3.8) is 0 Å². The van der Waals surface area contributed by atoms with Crippen molar-refractivity contribution in [2.24, 2.45) is 5.92 Å². The molecule has 1 aromatic heterocycles. The SMILES string of the molecule is CC1CCN(c2nc3c(c(=O)[nH]2)[C@@H](C(=O)Nc2ccc(Br)cc2)CC(=O)N3)CC1. The van der Waals surface area contributed by atoms with Gasteiger partial charge in [-0.2, -0.15) is 4.98 Å². The van der Waals surface area contributed by atoms with Gasteiger partial charge in [0, 0.05) is 29.7 Å². The van der Waals surface area contributed by atoms with E-state index in [1.807, 2.05) is 4.90 Å². The van der Waals surface area contributed by atoms with Gasteiger partial charge in [-0.1, -0.05) is 22.9 Å². The molecule has 0 radical (unpaired) electrons. The Morgan fingerprint density at radius 1 is 1.21 bits per heavy atom. The van der Waals surface area contributed by atoms with Crippen LogP contribution in [-0.2, 0) is 9.59 Å². The van der Waals surface area contributed by atoms with Crippen LogP contribution >= 0.6 is 15.9 Å². The van der Waals surface area contributed by atoms with E-state index in [1.165, 1.54) is 0 Å². The second-order valence-corrected chi connectivity index (χ2v) is 8.54. The molecule has 1 fully saturated rings. The number of amides is 2. The lowest BCUT2D eigenvalue weighted by atomic mass is 9.92. The zero-order chi connectivity index (χ0) is 20.5. The molecule has 29 heavy (non-hydrogen) atoms. The first-order valence-electron chi connectivity index (χ1n) is 9.66. The molecule has 0 bridgehead atoms. The van der Waals surface area contributed by atoms with Gasteiger partial charge in [0.25, 0.3) is 5.56 Å². The zero-order valence-corrected chi connectivity index (χ0v) is 17.6. The number of nitrogens with zero attached hydrogens (tertiary/aromatic N) is 2. The van der Waals surface area contributed by atoms with Gasteiger partial charge in [0.2, 0.25) is 17.8 Å². The molecule has 0 spiro atoms. The molecule has 0 unspecified atom stereocenters. The number of hydrogen-bond donors (Lipinski definition) is 3. The minimum atomic E-state index is -0.894. The number of piperidine rings is 1. The fourth-order valence-electron chi connectivity index (χ4n) is 3.72. The van der Waals surface area contributed by atoms with Crippen molar-refractivity contribution in [1.29, 1.82) is 0 Å². The van der Waals surface area contributed by atoms with Gasteiger partial charge in [-0.05, 0) is 43.0 Å². The Kier molecular flexibility index (Phi) is 5.40. The molecular formula is C20H22BrN5O3. The Morgan fingerprint density at radius 2 is 1.90 bits per heavy atom. The molecule has 4 rings (SSSR count). The largest absolute Gasteiger partial charge is 0.342 e. The van der Waals surface area contributed by atoms with Crippen molar-refractivity contribution >= 4 is 45.2 Å². The summed E-state index contributed by atoms with van der Waals surface area (Å²) in [6.45, 7) is 3.80. The Labute approximate surface area is 176 Å². The molecule has 1 aromatic carbocycles. The van der Waals surface area contributed by atoms with Crippen molar-refractivity contribution in [3.8, 4) is 0 Å². The minimum Gasteiger partial charge on any atom is -0.342 e. The van der Waals surface area contributed by atoms with E-state index < -0.39 is 11.8 Å². The smallest absolute Gasteiger partial charge is 0.258 e. The molecule has 3 heterocycles. The van der Waals surface area contributed by atoms with Crippen LogP contribution in [0.4, 0.5) is 17.5 Å². The molecule has 2 aliphatic rings. The van der Waals surface area contributed by atoms with Gasteiger partial charge in [-0.3, -0.25) is 19.4 Å². The molecule has 1 saturated heterocycles. The van der Waals surface area contributed by atoms with Crippen molar-refractivity contribution in [2.45, 2.75) is 32.1 Å². The van der Waals surface area contributed by atoms with Crippen molar-refractivity contribution in [1.82, 2.24) is 9.97 Å². The lowest BCUT2D eigenvalue weighted by Gasteiger charge is -2.31. The first kappa shape index (κ1) is 19.6. The van der Waals surface area contributed by atoms with Crippen LogP contribution in [0.25, 0.3) is 0 Å². The lowest BCUT2D eigenvalue weighted by molar-refractivity contribution is -0.123. The molecule has 1 atom stereocenters. The lowest BCUT2D eigenvalue weighted by Crippen LogP contribution is -2.39. The molecule has 8 nitrogen and oxygen atoms in total. The molecule has 152 valence electrons. The number of benzene rings is 1. The van der Waals surface area contributed by atoms with Crippen LogP contribution in [0.2, 0.25) is 0 Å². The maximum atomic E-state index is 12.9. The highest BCUT2D eigenvalue weighted by molar-refractivity contribution is 9.10. The molecule has 0 saturated carbocycles. The number of carbonyl (C=O) groups is 2. The highest BCUT2D eigenvalue weighted by atomic mass is 79.9. The summed E-state index contributed by atoms with van der Waals surface area (Å²) in [5.41, 5.74) is 0.405. The first-order valence-corrected chi connectivity index (χ1v) is 10.5. The molecule has 9 heteroatoms. The Balaban J connectivity index is 1.62. The van der Waals surface area contributed by atoms with E-state index in [-0.39, 0.29) is 29.3 Å². The number of carbonyl (C=O) groups excluding carboxylic acids is 2. The second kappa shape index (κ2) is 7.98. The molecule has 0 aliphatic carbocycles. The van der Waals surface area contributed by atoms with Crippen LogP contribution in [0, 0.1) is 5.92 Å². The van der Waals surface area contributed by atoms with Gasteiger partial charge in [-0.15, -0.1) is 0 Å². The molecule has 2 aliphatic heterocycles. The second-order valence-electron chi connectivity index (χ2n) is 7.62. The number of anilines is 3. The number of hydrogen-bond acceptors (Lipinski definition) is 5. The van der Waals surface area contributed by atoms with Crippen molar-refractivity contribution < 1.29 is 9.59 Å². The number of halogens is 1. The predicted molar refractivity (Wildman–Crippen MR) is 114 cm³/mol. The first-order chi connectivity index (χ1) is 13.9. The number of aromatic amines is 1. The van der Waals surface area contributed by atoms with Gasteiger partial charge >= 0.3 is 0 Å². The Hall–Kier alpha value is -2.68. The van der Waals surface area contributed by atoms with E-state index in [4.69, 9.17) is 0 Å². The van der Waals surface area contributed by atoms with Crippen LogP contribution < -0.4 is 21.1 Å². The van der Waals surface area contributed by atoms with Gasteiger partial charge < -0.3 is 15.5 Å². The number of fused-ring (bicyclic) bond motifs is 1. The Bertz CT molecular complexity index is 996. The van der Waals surface area contributed by atoms with Crippen LogP contribution in [0.1, 0.15) is 37.7 Å². The zero-order valence-electron chi connectivity index (χ0n) is 16.0. The van der Waals surface area contributed by atoms with Crippen molar-refractivity contribution in [2.75, 3.05) is 28.6 Å². The molecule has 3 N–H and O–H groups in total. The summed E-state index contributed by atoms with van der Waals surface area (Å²) in [5, 5.41) is 5.44. The fraction of sp³-hybridized carbons (Fsp3) is 0.400. The van der Waals surface area contributed by atoms with E-state index >= 15 is 0 Å². The van der Waals surface area contributed by atoms with E-state index in [0.29, 0.717) is 17.6 Å². The number of aromatic nitrogens is 2. The van der Waals surface area contributed by atoms with E-state index in [9.17, 15) is 14.4 Å². The average Bonchev–Trinajstić information content (AvgIpc) is 2.69.